The van der Waals surface area contributed by atoms with Gasteiger partial charge in [0.25, 0.3) is 0 Å². The van der Waals surface area contributed by atoms with E-state index < -0.39 is 11.9 Å². The highest BCUT2D eigenvalue weighted by molar-refractivity contribution is 6.10. The van der Waals surface area contributed by atoms with E-state index >= 15 is 0 Å². The Balaban J connectivity index is 2.30. The molecule has 138 valence electrons. The molecule has 27 heavy (non-hydrogen) atoms. The summed E-state index contributed by atoms with van der Waals surface area (Å²) in [5.41, 5.74) is 1.52. The minimum absolute atomic E-state index is 0.0837. The molecule has 5 nitrogen and oxygen atoms in total. The second-order valence-electron chi connectivity index (χ2n) is 5.68. The molecule has 1 heterocycles. The molecule has 0 unspecified atom stereocenters. The third kappa shape index (κ3) is 3.77. The standard InChI is InChI=1S/C22H20O5/c1-3-25-21(23)17-18(22(24)26-4-2)20(16-13-9-6-10-14-16)27-19(17)15-11-7-5-8-12-15/h5-14H,3-4H2,1-2H3. The smallest absolute Gasteiger partial charge is 0.342 e. The molecule has 0 saturated carbocycles. The van der Waals surface area contributed by atoms with E-state index in [0.717, 1.165) is 0 Å². The van der Waals surface area contributed by atoms with Crippen LogP contribution >= 0.6 is 0 Å². The monoisotopic (exact) mass is 364 g/mol. The molecule has 2 aromatic carbocycles. The topological polar surface area (TPSA) is 65.7 Å². The number of rotatable bonds is 6. The summed E-state index contributed by atoms with van der Waals surface area (Å²) in [6.07, 6.45) is 0. The van der Waals surface area contributed by atoms with E-state index in [-0.39, 0.29) is 35.9 Å². The Morgan fingerprint density at radius 2 is 1.07 bits per heavy atom. The molecule has 0 saturated heterocycles. The summed E-state index contributed by atoms with van der Waals surface area (Å²) in [5.74, 6) is -0.664. The molecule has 0 aliphatic heterocycles. The summed E-state index contributed by atoms with van der Waals surface area (Å²) in [6, 6.07) is 18.3. The van der Waals surface area contributed by atoms with Crippen molar-refractivity contribution >= 4 is 11.9 Å². The largest absolute Gasteiger partial charge is 0.462 e. The van der Waals surface area contributed by atoms with E-state index in [2.05, 4.69) is 0 Å². The molecule has 0 amide bonds. The van der Waals surface area contributed by atoms with Crippen LogP contribution in [0.3, 0.4) is 0 Å². The van der Waals surface area contributed by atoms with Gasteiger partial charge in [0.1, 0.15) is 22.6 Å². The number of esters is 2. The summed E-state index contributed by atoms with van der Waals surface area (Å²) < 4.78 is 16.5. The van der Waals surface area contributed by atoms with Crippen LogP contribution < -0.4 is 0 Å². The van der Waals surface area contributed by atoms with Crippen molar-refractivity contribution in [3.8, 4) is 22.6 Å². The van der Waals surface area contributed by atoms with Crippen LogP contribution in [-0.2, 0) is 9.47 Å². The van der Waals surface area contributed by atoms with Crippen LogP contribution in [0.2, 0.25) is 0 Å². The van der Waals surface area contributed by atoms with Crippen molar-refractivity contribution in [1.29, 1.82) is 0 Å². The van der Waals surface area contributed by atoms with Crippen LogP contribution in [0.5, 0.6) is 0 Å². The van der Waals surface area contributed by atoms with Crippen LogP contribution in [0, 0.1) is 0 Å². The molecule has 3 aromatic rings. The summed E-state index contributed by atoms with van der Waals surface area (Å²) in [4.78, 5) is 25.4. The highest BCUT2D eigenvalue weighted by Crippen LogP contribution is 2.38. The van der Waals surface area contributed by atoms with Gasteiger partial charge in [-0.15, -0.1) is 0 Å². The van der Waals surface area contributed by atoms with Gasteiger partial charge in [0.15, 0.2) is 0 Å². The molecule has 0 atom stereocenters. The number of carbonyl (C=O) groups excluding carboxylic acids is 2. The van der Waals surface area contributed by atoms with Gasteiger partial charge in [0.2, 0.25) is 0 Å². The van der Waals surface area contributed by atoms with Gasteiger partial charge in [-0.3, -0.25) is 0 Å². The zero-order chi connectivity index (χ0) is 19.2. The van der Waals surface area contributed by atoms with Crippen molar-refractivity contribution in [2.45, 2.75) is 13.8 Å². The molecule has 0 aliphatic rings. The lowest BCUT2D eigenvalue weighted by atomic mass is 10.0. The first-order valence-electron chi connectivity index (χ1n) is 8.79. The van der Waals surface area contributed by atoms with Crippen LogP contribution in [0.4, 0.5) is 0 Å². The van der Waals surface area contributed by atoms with Gasteiger partial charge in [-0.25, -0.2) is 9.59 Å². The first-order valence-corrected chi connectivity index (χ1v) is 8.79. The highest BCUT2D eigenvalue weighted by Gasteiger charge is 2.33. The van der Waals surface area contributed by atoms with Gasteiger partial charge >= 0.3 is 11.9 Å². The summed E-state index contributed by atoms with van der Waals surface area (Å²) in [6.45, 7) is 3.78. The van der Waals surface area contributed by atoms with Crippen molar-refractivity contribution in [2.75, 3.05) is 13.2 Å². The van der Waals surface area contributed by atoms with Crippen LogP contribution in [0.25, 0.3) is 22.6 Å². The molecular weight excluding hydrogens is 344 g/mol. The molecule has 1 aromatic heterocycles. The fourth-order valence-electron chi connectivity index (χ4n) is 2.81. The van der Waals surface area contributed by atoms with Crippen molar-refractivity contribution in [3.63, 3.8) is 0 Å². The molecule has 5 heteroatoms. The Kier molecular flexibility index (Phi) is 5.71. The lowest BCUT2D eigenvalue weighted by molar-refractivity contribution is 0.0481. The van der Waals surface area contributed by atoms with Crippen molar-refractivity contribution < 1.29 is 23.5 Å². The van der Waals surface area contributed by atoms with E-state index in [1.807, 2.05) is 60.7 Å². The summed E-state index contributed by atoms with van der Waals surface area (Å²) in [7, 11) is 0. The van der Waals surface area contributed by atoms with Gasteiger partial charge in [0, 0.05) is 11.1 Å². The fourth-order valence-corrected chi connectivity index (χ4v) is 2.81. The minimum Gasteiger partial charge on any atom is -0.462 e. The third-order valence-electron chi connectivity index (χ3n) is 3.94. The summed E-state index contributed by atoms with van der Waals surface area (Å²) >= 11 is 0. The van der Waals surface area contributed by atoms with Crippen LogP contribution in [0.1, 0.15) is 34.6 Å². The quantitative estimate of drug-likeness (QED) is 0.578. The molecule has 0 spiro atoms. The third-order valence-corrected chi connectivity index (χ3v) is 3.94. The van der Waals surface area contributed by atoms with Gasteiger partial charge in [0.05, 0.1) is 13.2 Å². The number of ether oxygens (including phenoxy) is 2. The SMILES string of the molecule is CCOC(=O)c1c(-c2ccccc2)oc(-c2ccccc2)c1C(=O)OCC. The van der Waals surface area contributed by atoms with Crippen molar-refractivity contribution in [2.24, 2.45) is 0 Å². The zero-order valence-electron chi connectivity index (χ0n) is 15.2. The predicted molar refractivity (Wildman–Crippen MR) is 101 cm³/mol. The number of furan rings is 1. The van der Waals surface area contributed by atoms with E-state index in [1.54, 1.807) is 13.8 Å². The molecule has 0 fully saturated rings. The second kappa shape index (κ2) is 8.36. The van der Waals surface area contributed by atoms with Gasteiger partial charge in [-0.05, 0) is 13.8 Å². The number of carbonyl (C=O) groups is 2. The van der Waals surface area contributed by atoms with E-state index in [4.69, 9.17) is 13.9 Å². The van der Waals surface area contributed by atoms with E-state index in [0.29, 0.717) is 11.1 Å². The Labute approximate surface area is 157 Å². The van der Waals surface area contributed by atoms with Gasteiger partial charge < -0.3 is 13.9 Å². The zero-order valence-corrected chi connectivity index (χ0v) is 15.2. The number of hydrogen-bond donors (Lipinski definition) is 0. The maximum Gasteiger partial charge on any atom is 0.342 e. The maximum absolute atomic E-state index is 12.7. The lowest BCUT2D eigenvalue weighted by Gasteiger charge is -2.06. The van der Waals surface area contributed by atoms with Crippen molar-refractivity contribution in [1.82, 2.24) is 0 Å². The number of benzene rings is 2. The Morgan fingerprint density at radius 3 is 1.41 bits per heavy atom. The molecular formula is C22H20O5. The highest BCUT2D eigenvalue weighted by atomic mass is 16.5. The Morgan fingerprint density at radius 1 is 0.704 bits per heavy atom. The molecule has 0 bridgehead atoms. The van der Waals surface area contributed by atoms with E-state index in [1.165, 1.54) is 0 Å². The molecule has 0 radical (unpaired) electrons. The average molecular weight is 364 g/mol. The molecule has 0 aliphatic carbocycles. The maximum atomic E-state index is 12.7. The first-order chi connectivity index (χ1) is 13.2. The predicted octanol–water partition coefficient (Wildman–Crippen LogP) is 4.97. The average Bonchev–Trinajstić information content (AvgIpc) is 3.10. The normalized spacial score (nSPS) is 10.4. The number of hydrogen-bond acceptors (Lipinski definition) is 5. The second-order valence-corrected chi connectivity index (χ2v) is 5.68. The first kappa shape index (κ1) is 18.5. The Bertz CT molecular complexity index is 850. The molecule has 3 rings (SSSR count). The molecule has 0 N–H and O–H groups in total. The van der Waals surface area contributed by atoms with E-state index in [9.17, 15) is 9.59 Å². The van der Waals surface area contributed by atoms with Crippen LogP contribution in [-0.4, -0.2) is 25.2 Å². The summed E-state index contributed by atoms with van der Waals surface area (Å²) in [5, 5.41) is 0. The van der Waals surface area contributed by atoms with Crippen molar-refractivity contribution in [3.05, 3.63) is 71.8 Å². The fraction of sp³-hybridized carbons (Fsp3) is 0.182. The van der Waals surface area contributed by atoms with Gasteiger partial charge in [-0.1, -0.05) is 60.7 Å². The Hall–Kier alpha value is -3.34. The lowest BCUT2D eigenvalue weighted by Crippen LogP contribution is -2.13. The minimum atomic E-state index is -0.620. The van der Waals surface area contributed by atoms with Gasteiger partial charge in [-0.2, -0.15) is 0 Å². The van der Waals surface area contributed by atoms with Crippen LogP contribution in [0.15, 0.2) is 65.1 Å².